The van der Waals surface area contributed by atoms with Crippen molar-refractivity contribution in [2.45, 2.75) is 38.3 Å². The molecule has 0 bridgehead atoms. The van der Waals surface area contributed by atoms with Crippen molar-refractivity contribution in [3.05, 3.63) is 29.6 Å². The fourth-order valence-electron chi connectivity index (χ4n) is 2.70. The summed E-state index contributed by atoms with van der Waals surface area (Å²) >= 11 is 1.84. The van der Waals surface area contributed by atoms with Crippen LogP contribution < -0.4 is 5.32 Å². The van der Waals surface area contributed by atoms with Gasteiger partial charge < -0.3 is 10.1 Å². The van der Waals surface area contributed by atoms with Gasteiger partial charge in [-0.3, -0.25) is 9.98 Å². The van der Waals surface area contributed by atoms with Gasteiger partial charge in [-0.05, 0) is 30.9 Å². The van der Waals surface area contributed by atoms with Crippen LogP contribution in [0, 0.1) is 0 Å². The number of aromatic nitrogens is 1. The molecule has 5 heteroatoms. The molecule has 0 saturated carbocycles. The summed E-state index contributed by atoms with van der Waals surface area (Å²) in [6.45, 7) is 4.56. The predicted molar refractivity (Wildman–Crippen MR) is 83.1 cm³/mol. The van der Waals surface area contributed by atoms with Gasteiger partial charge >= 0.3 is 0 Å². The summed E-state index contributed by atoms with van der Waals surface area (Å²) < 4.78 is 5.45. The van der Waals surface area contributed by atoms with Crippen LogP contribution >= 0.6 is 11.8 Å². The Bertz CT molecular complexity index is 498. The number of aliphatic imine (C=N–C) groups is 1. The van der Waals surface area contributed by atoms with E-state index in [0.29, 0.717) is 6.54 Å². The van der Waals surface area contributed by atoms with Gasteiger partial charge in [0.25, 0.3) is 0 Å². The lowest BCUT2D eigenvalue weighted by atomic mass is 9.93. The second-order valence-corrected chi connectivity index (χ2v) is 6.35. The van der Waals surface area contributed by atoms with E-state index in [0.717, 1.165) is 49.1 Å². The van der Waals surface area contributed by atoms with Crippen LogP contribution in [0.5, 0.6) is 0 Å². The van der Waals surface area contributed by atoms with Crippen LogP contribution in [0.3, 0.4) is 0 Å². The number of nitrogens with one attached hydrogen (secondary N) is 1. The maximum absolute atomic E-state index is 5.45. The molecule has 1 aromatic rings. The maximum atomic E-state index is 5.45. The monoisotopic (exact) mass is 291 g/mol. The zero-order valence-electron chi connectivity index (χ0n) is 11.9. The van der Waals surface area contributed by atoms with Gasteiger partial charge in [0.2, 0.25) is 0 Å². The topological polar surface area (TPSA) is 46.5 Å². The maximum Gasteiger partial charge on any atom is 0.157 e. The van der Waals surface area contributed by atoms with Crippen LogP contribution in [0.1, 0.15) is 31.0 Å². The molecule has 0 aromatic carbocycles. The van der Waals surface area contributed by atoms with Gasteiger partial charge in [0, 0.05) is 25.2 Å². The van der Waals surface area contributed by atoms with E-state index in [2.05, 4.69) is 23.3 Å². The van der Waals surface area contributed by atoms with Crippen molar-refractivity contribution in [2.24, 2.45) is 4.99 Å². The zero-order chi connectivity index (χ0) is 13.8. The first-order valence-corrected chi connectivity index (χ1v) is 8.26. The van der Waals surface area contributed by atoms with Crippen LogP contribution in [0.4, 0.5) is 0 Å². The molecule has 2 aliphatic rings. The van der Waals surface area contributed by atoms with Gasteiger partial charge in [0.15, 0.2) is 5.17 Å². The molecule has 0 atom stereocenters. The quantitative estimate of drug-likeness (QED) is 0.929. The molecule has 20 heavy (non-hydrogen) atoms. The standard InChI is InChI=1S/C15H21N3OS/c1-2-12-4-3-7-16-13(12)10-17-14-18-15(11-20-14)5-8-19-9-6-15/h3-4,7H,2,5-6,8-11H2,1H3,(H,17,18). The van der Waals surface area contributed by atoms with Crippen molar-refractivity contribution in [3.8, 4) is 0 Å². The summed E-state index contributed by atoms with van der Waals surface area (Å²) in [5.41, 5.74) is 2.61. The molecule has 2 fully saturated rings. The predicted octanol–water partition coefficient (Wildman–Crippen LogP) is 2.39. The molecule has 4 nitrogen and oxygen atoms in total. The highest BCUT2D eigenvalue weighted by molar-refractivity contribution is 8.14. The molecule has 1 spiro atoms. The molecule has 0 aliphatic carbocycles. The minimum Gasteiger partial charge on any atom is -0.381 e. The lowest BCUT2D eigenvalue weighted by molar-refractivity contribution is 0.0555. The minimum absolute atomic E-state index is 0.222. The van der Waals surface area contributed by atoms with E-state index in [1.807, 2.05) is 24.0 Å². The summed E-state index contributed by atoms with van der Waals surface area (Å²) in [6.07, 6.45) is 5.03. The Morgan fingerprint density at radius 1 is 1.45 bits per heavy atom. The van der Waals surface area contributed by atoms with Crippen LogP contribution in [-0.2, 0) is 17.7 Å². The van der Waals surface area contributed by atoms with Crippen molar-refractivity contribution in [1.82, 2.24) is 10.3 Å². The lowest BCUT2D eigenvalue weighted by Gasteiger charge is -2.32. The first-order valence-electron chi connectivity index (χ1n) is 7.27. The molecule has 0 radical (unpaired) electrons. The molecule has 0 unspecified atom stereocenters. The number of hydrogen-bond acceptors (Lipinski definition) is 4. The number of ether oxygens (including phenoxy) is 1. The van der Waals surface area contributed by atoms with Gasteiger partial charge in [0.05, 0.1) is 17.8 Å². The Kier molecular flexibility index (Phi) is 4.27. The fourth-order valence-corrected chi connectivity index (χ4v) is 3.92. The first kappa shape index (κ1) is 13.9. The van der Waals surface area contributed by atoms with Gasteiger partial charge in [-0.15, -0.1) is 0 Å². The highest BCUT2D eigenvalue weighted by Crippen LogP contribution is 2.31. The second-order valence-electron chi connectivity index (χ2n) is 5.39. The Labute approximate surface area is 124 Å². The number of aryl methyl sites for hydroxylation is 1. The molecule has 0 amide bonds. The highest BCUT2D eigenvalue weighted by Gasteiger charge is 2.38. The second kappa shape index (κ2) is 6.14. The number of amidine groups is 1. The van der Waals surface area contributed by atoms with Crippen LogP contribution in [0.2, 0.25) is 0 Å². The Morgan fingerprint density at radius 2 is 2.30 bits per heavy atom. The van der Waals surface area contributed by atoms with E-state index >= 15 is 0 Å². The largest absolute Gasteiger partial charge is 0.381 e. The third kappa shape index (κ3) is 2.99. The lowest BCUT2D eigenvalue weighted by Crippen LogP contribution is -2.48. The van der Waals surface area contributed by atoms with Gasteiger partial charge in [0.1, 0.15) is 0 Å². The number of nitrogens with zero attached hydrogens (tertiary/aromatic N) is 2. The average Bonchev–Trinajstić information content (AvgIpc) is 2.89. The van der Waals surface area contributed by atoms with E-state index in [4.69, 9.17) is 9.73 Å². The molecule has 1 aromatic heterocycles. The number of pyridine rings is 1. The van der Waals surface area contributed by atoms with Crippen LogP contribution in [0.15, 0.2) is 23.3 Å². The van der Waals surface area contributed by atoms with Crippen molar-refractivity contribution >= 4 is 16.9 Å². The molecule has 2 saturated heterocycles. The van der Waals surface area contributed by atoms with Gasteiger partial charge in [-0.1, -0.05) is 24.8 Å². The molecule has 3 heterocycles. The summed E-state index contributed by atoms with van der Waals surface area (Å²) in [5.74, 6) is 1.11. The van der Waals surface area contributed by atoms with E-state index in [-0.39, 0.29) is 5.54 Å². The number of rotatable bonds is 3. The Balaban J connectivity index is 1.65. The van der Waals surface area contributed by atoms with Crippen molar-refractivity contribution in [3.63, 3.8) is 0 Å². The third-order valence-electron chi connectivity index (χ3n) is 4.05. The molecule has 2 aliphatic heterocycles. The third-order valence-corrected chi connectivity index (χ3v) is 5.25. The summed E-state index contributed by atoms with van der Waals surface area (Å²) in [5, 5.41) is 4.69. The SMILES string of the molecule is CCc1cccnc1CN=C1NC2(CCOCC2)CS1. The highest BCUT2D eigenvalue weighted by atomic mass is 32.2. The summed E-state index contributed by atoms with van der Waals surface area (Å²) in [6, 6.07) is 4.13. The van der Waals surface area contributed by atoms with Crippen molar-refractivity contribution < 1.29 is 4.74 Å². The van der Waals surface area contributed by atoms with Crippen molar-refractivity contribution in [2.75, 3.05) is 19.0 Å². The van der Waals surface area contributed by atoms with E-state index in [1.165, 1.54) is 5.56 Å². The smallest absolute Gasteiger partial charge is 0.157 e. The van der Waals surface area contributed by atoms with Gasteiger partial charge in [-0.25, -0.2) is 0 Å². The molecular formula is C15H21N3OS. The molecular weight excluding hydrogens is 270 g/mol. The van der Waals surface area contributed by atoms with E-state index in [1.54, 1.807) is 0 Å². The minimum atomic E-state index is 0.222. The molecule has 1 N–H and O–H groups in total. The van der Waals surface area contributed by atoms with Crippen LogP contribution in [-0.4, -0.2) is 34.7 Å². The summed E-state index contributed by atoms with van der Waals surface area (Å²) in [4.78, 5) is 9.17. The molecule has 108 valence electrons. The van der Waals surface area contributed by atoms with E-state index < -0.39 is 0 Å². The normalized spacial score (nSPS) is 23.1. The number of hydrogen-bond donors (Lipinski definition) is 1. The van der Waals surface area contributed by atoms with Gasteiger partial charge in [-0.2, -0.15) is 0 Å². The Hall–Kier alpha value is -1.07. The average molecular weight is 291 g/mol. The fraction of sp³-hybridized carbons (Fsp3) is 0.600. The first-order chi connectivity index (χ1) is 9.81. The van der Waals surface area contributed by atoms with Crippen molar-refractivity contribution in [1.29, 1.82) is 0 Å². The molecule has 3 rings (SSSR count). The summed E-state index contributed by atoms with van der Waals surface area (Å²) in [7, 11) is 0. The number of thioether (sulfide) groups is 1. The van der Waals surface area contributed by atoms with E-state index in [9.17, 15) is 0 Å². The Morgan fingerprint density at radius 3 is 3.10 bits per heavy atom. The van der Waals surface area contributed by atoms with Crippen LogP contribution in [0.25, 0.3) is 0 Å². The zero-order valence-corrected chi connectivity index (χ0v) is 12.7.